The fraction of sp³-hybridized carbons (Fsp3) is 0.0345. The minimum atomic E-state index is -0.322. The first-order chi connectivity index (χ1) is 17.9. The molecule has 37 heavy (non-hydrogen) atoms. The quantitative estimate of drug-likeness (QED) is 0.253. The van der Waals surface area contributed by atoms with Gasteiger partial charge in [0.1, 0.15) is 0 Å². The Labute approximate surface area is 217 Å². The number of halogens is 1. The number of anilines is 3. The summed E-state index contributed by atoms with van der Waals surface area (Å²) in [5.41, 5.74) is 12.7. The number of aromatic nitrogens is 4. The molecule has 4 N–H and O–H groups in total. The van der Waals surface area contributed by atoms with Crippen LogP contribution in [-0.4, -0.2) is 19.9 Å². The van der Waals surface area contributed by atoms with Crippen LogP contribution in [0, 0.1) is 6.92 Å². The first-order valence-corrected chi connectivity index (χ1v) is 12.0. The number of benzene rings is 3. The number of aryl methyl sites for hydroxylation is 1. The second kappa shape index (κ2) is 9.04. The molecule has 0 saturated heterocycles. The molecule has 0 bridgehead atoms. The third-order valence-electron chi connectivity index (χ3n) is 6.20. The van der Waals surface area contributed by atoms with E-state index in [0.717, 1.165) is 44.5 Å². The van der Waals surface area contributed by atoms with E-state index in [2.05, 4.69) is 20.3 Å². The fourth-order valence-corrected chi connectivity index (χ4v) is 4.57. The molecule has 6 rings (SSSR count). The molecule has 0 saturated carbocycles. The zero-order valence-corrected chi connectivity index (χ0v) is 20.5. The van der Waals surface area contributed by atoms with E-state index >= 15 is 0 Å². The number of rotatable bonds is 4. The summed E-state index contributed by atoms with van der Waals surface area (Å²) in [4.78, 5) is 28.9. The maximum atomic E-state index is 12.9. The summed E-state index contributed by atoms with van der Waals surface area (Å²) in [5.74, 6) is 0.0251. The predicted molar refractivity (Wildman–Crippen MR) is 150 cm³/mol. The van der Waals surface area contributed by atoms with Crippen LogP contribution in [0.3, 0.4) is 0 Å². The number of aromatic amines is 1. The molecule has 7 nitrogen and oxygen atoms in total. The van der Waals surface area contributed by atoms with Crippen LogP contribution >= 0.6 is 11.6 Å². The molecule has 0 spiro atoms. The van der Waals surface area contributed by atoms with E-state index in [9.17, 15) is 4.79 Å². The molecule has 0 aliphatic rings. The van der Waals surface area contributed by atoms with Crippen LogP contribution in [0.1, 0.15) is 5.56 Å². The predicted octanol–water partition coefficient (Wildman–Crippen LogP) is 6.49. The van der Waals surface area contributed by atoms with Crippen molar-refractivity contribution >= 4 is 50.9 Å². The lowest BCUT2D eigenvalue weighted by atomic mass is 9.99. The van der Waals surface area contributed by atoms with Crippen LogP contribution < -0.4 is 16.6 Å². The number of hydrogen-bond acceptors (Lipinski definition) is 6. The molecule has 0 radical (unpaired) electrons. The number of nitrogens with zero attached hydrogens (tertiary/aromatic N) is 3. The van der Waals surface area contributed by atoms with Gasteiger partial charge in [-0.2, -0.15) is 4.98 Å². The van der Waals surface area contributed by atoms with Crippen LogP contribution in [0.2, 0.25) is 5.02 Å². The number of nitrogens with one attached hydrogen (secondary N) is 2. The van der Waals surface area contributed by atoms with Gasteiger partial charge >= 0.3 is 0 Å². The van der Waals surface area contributed by atoms with Crippen molar-refractivity contribution in [3.05, 3.63) is 106 Å². The molecule has 6 aromatic rings. The van der Waals surface area contributed by atoms with Crippen molar-refractivity contribution in [3.8, 4) is 22.4 Å². The summed E-state index contributed by atoms with van der Waals surface area (Å²) in [5, 5.41) is 5.48. The summed E-state index contributed by atoms with van der Waals surface area (Å²) in [6, 6.07) is 25.4. The molecule has 8 heteroatoms. The van der Waals surface area contributed by atoms with Gasteiger partial charge in [-0.1, -0.05) is 53.6 Å². The zero-order valence-electron chi connectivity index (χ0n) is 19.8. The third kappa shape index (κ3) is 4.37. The summed E-state index contributed by atoms with van der Waals surface area (Å²) in [6.45, 7) is 2.02. The van der Waals surface area contributed by atoms with Crippen molar-refractivity contribution in [2.45, 2.75) is 6.92 Å². The standard InChI is InChI=1S/C29H21ClN6O/c1-16-5-7-17(8-6-16)22-15-24(34-27-26(22)28(37)36-29(31)35-27)18-3-2-4-20(13-18)33-23-11-12-32-25-14-19(30)9-10-21(23)25/h2-15H,1H3,(H,32,33)(H3,31,34,35,36,37). The Morgan fingerprint density at radius 2 is 1.76 bits per heavy atom. The van der Waals surface area contributed by atoms with Gasteiger partial charge < -0.3 is 11.1 Å². The van der Waals surface area contributed by atoms with Gasteiger partial charge in [-0.15, -0.1) is 0 Å². The molecular formula is C29H21ClN6O. The highest BCUT2D eigenvalue weighted by Gasteiger charge is 2.15. The van der Waals surface area contributed by atoms with E-state index in [-0.39, 0.29) is 11.5 Å². The van der Waals surface area contributed by atoms with E-state index in [4.69, 9.17) is 22.3 Å². The first kappa shape index (κ1) is 22.7. The number of H-pyrrole nitrogens is 1. The smallest absolute Gasteiger partial charge is 0.262 e. The average Bonchev–Trinajstić information content (AvgIpc) is 2.88. The number of fused-ring (bicyclic) bond motifs is 2. The van der Waals surface area contributed by atoms with Gasteiger partial charge in [0.25, 0.3) is 5.56 Å². The Bertz CT molecular complexity index is 1860. The topological polar surface area (TPSA) is 110 Å². The summed E-state index contributed by atoms with van der Waals surface area (Å²) < 4.78 is 0. The summed E-state index contributed by atoms with van der Waals surface area (Å²) in [6.07, 6.45) is 1.75. The fourth-order valence-electron chi connectivity index (χ4n) is 4.41. The molecular weight excluding hydrogens is 484 g/mol. The largest absolute Gasteiger partial charge is 0.369 e. The molecule has 0 aliphatic carbocycles. The van der Waals surface area contributed by atoms with Crippen molar-refractivity contribution < 1.29 is 0 Å². The van der Waals surface area contributed by atoms with E-state index < -0.39 is 0 Å². The molecule has 0 unspecified atom stereocenters. The van der Waals surface area contributed by atoms with Gasteiger partial charge in [0.15, 0.2) is 5.65 Å². The Morgan fingerprint density at radius 1 is 0.919 bits per heavy atom. The molecule has 0 fully saturated rings. The minimum Gasteiger partial charge on any atom is -0.369 e. The van der Waals surface area contributed by atoms with Crippen LogP contribution in [0.15, 0.2) is 89.9 Å². The highest BCUT2D eigenvalue weighted by molar-refractivity contribution is 6.31. The lowest BCUT2D eigenvalue weighted by Gasteiger charge is -2.13. The number of hydrogen-bond donors (Lipinski definition) is 3. The van der Waals surface area contributed by atoms with Gasteiger partial charge in [0.05, 0.1) is 16.6 Å². The van der Waals surface area contributed by atoms with E-state index in [1.165, 1.54) is 0 Å². The van der Waals surface area contributed by atoms with Crippen molar-refractivity contribution in [2.24, 2.45) is 0 Å². The van der Waals surface area contributed by atoms with Crippen molar-refractivity contribution in [1.29, 1.82) is 0 Å². The second-order valence-corrected chi connectivity index (χ2v) is 9.23. The Morgan fingerprint density at radius 3 is 2.59 bits per heavy atom. The number of nitrogen functional groups attached to an aromatic ring is 1. The maximum Gasteiger partial charge on any atom is 0.262 e. The Hall–Kier alpha value is -4.75. The van der Waals surface area contributed by atoms with Crippen molar-refractivity contribution in [1.82, 2.24) is 19.9 Å². The van der Waals surface area contributed by atoms with Crippen molar-refractivity contribution in [2.75, 3.05) is 11.1 Å². The van der Waals surface area contributed by atoms with Gasteiger partial charge in [-0.05, 0) is 55.0 Å². The molecule has 3 heterocycles. The second-order valence-electron chi connectivity index (χ2n) is 8.80. The monoisotopic (exact) mass is 504 g/mol. The van der Waals surface area contributed by atoms with E-state index in [0.29, 0.717) is 21.7 Å². The van der Waals surface area contributed by atoms with Gasteiger partial charge in [-0.3, -0.25) is 14.8 Å². The molecule has 180 valence electrons. The van der Waals surface area contributed by atoms with Crippen LogP contribution in [0.4, 0.5) is 17.3 Å². The van der Waals surface area contributed by atoms with Crippen LogP contribution in [0.5, 0.6) is 0 Å². The van der Waals surface area contributed by atoms with Gasteiger partial charge in [0, 0.05) is 39.1 Å². The third-order valence-corrected chi connectivity index (χ3v) is 6.44. The van der Waals surface area contributed by atoms with Crippen molar-refractivity contribution in [3.63, 3.8) is 0 Å². The normalized spacial score (nSPS) is 11.2. The van der Waals surface area contributed by atoms with Gasteiger partial charge in [0.2, 0.25) is 5.95 Å². The molecule has 0 amide bonds. The van der Waals surface area contributed by atoms with Crippen LogP contribution in [0.25, 0.3) is 44.3 Å². The zero-order chi connectivity index (χ0) is 25.5. The first-order valence-electron chi connectivity index (χ1n) is 11.6. The molecule has 0 atom stereocenters. The lowest BCUT2D eigenvalue weighted by molar-refractivity contribution is 1.16. The number of pyridine rings is 2. The molecule has 3 aromatic carbocycles. The van der Waals surface area contributed by atoms with E-state index in [1.807, 2.05) is 85.8 Å². The minimum absolute atomic E-state index is 0.0251. The van der Waals surface area contributed by atoms with E-state index in [1.54, 1.807) is 6.20 Å². The average molecular weight is 505 g/mol. The lowest BCUT2D eigenvalue weighted by Crippen LogP contribution is -2.13. The Kier molecular flexibility index (Phi) is 5.54. The van der Waals surface area contributed by atoms with Gasteiger partial charge in [-0.25, -0.2) is 4.98 Å². The Balaban J connectivity index is 1.47. The number of nitrogens with two attached hydrogens (primary N) is 1. The molecule has 0 aliphatic heterocycles. The highest BCUT2D eigenvalue weighted by Crippen LogP contribution is 2.32. The SMILES string of the molecule is Cc1ccc(-c2cc(-c3cccc(Nc4ccnc5cc(Cl)ccc45)c3)nc3nc(N)[nH]c(=O)c23)cc1. The summed E-state index contributed by atoms with van der Waals surface area (Å²) >= 11 is 6.14. The molecule has 3 aromatic heterocycles. The maximum absolute atomic E-state index is 12.9. The van der Waals surface area contributed by atoms with Crippen LogP contribution in [-0.2, 0) is 0 Å². The summed E-state index contributed by atoms with van der Waals surface area (Å²) in [7, 11) is 0. The highest BCUT2D eigenvalue weighted by atomic mass is 35.5.